The fourth-order valence-corrected chi connectivity index (χ4v) is 1.98. The van der Waals surface area contributed by atoms with Crippen molar-refractivity contribution in [1.29, 1.82) is 0 Å². The molecule has 0 fully saturated rings. The van der Waals surface area contributed by atoms with Crippen molar-refractivity contribution in [3.8, 4) is 0 Å². The molecule has 0 radical (unpaired) electrons. The van der Waals surface area contributed by atoms with Gasteiger partial charge in [-0.2, -0.15) is 0 Å². The van der Waals surface area contributed by atoms with Gasteiger partial charge in [0, 0.05) is 6.92 Å². The number of hydrogen-bond acceptors (Lipinski definition) is 3. The Morgan fingerprint density at radius 1 is 1.41 bits per heavy atom. The summed E-state index contributed by atoms with van der Waals surface area (Å²) in [6.45, 7) is 2.90. The van der Waals surface area contributed by atoms with E-state index >= 15 is 0 Å². The fraction of sp³-hybridized carbons (Fsp3) is 0.300. The van der Waals surface area contributed by atoms with Crippen molar-refractivity contribution in [2.45, 2.75) is 13.8 Å². The van der Waals surface area contributed by atoms with Gasteiger partial charge < -0.3 is 5.32 Å². The maximum atomic E-state index is 11.3. The predicted octanol–water partition coefficient (Wildman–Crippen LogP) is 2.06. The Bertz CT molecular complexity index is 528. The van der Waals surface area contributed by atoms with Crippen LogP contribution < -0.4 is 10.0 Å². The van der Waals surface area contributed by atoms with Crippen LogP contribution in [0.5, 0.6) is 0 Å². The van der Waals surface area contributed by atoms with E-state index in [-0.39, 0.29) is 16.7 Å². The first-order chi connectivity index (χ1) is 7.84. The lowest BCUT2D eigenvalue weighted by Gasteiger charge is -2.09. The van der Waals surface area contributed by atoms with Crippen LogP contribution in [0.15, 0.2) is 18.2 Å². The van der Waals surface area contributed by atoms with E-state index in [0.29, 0.717) is 11.4 Å². The van der Waals surface area contributed by atoms with Crippen molar-refractivity contribution < 1.29 is 13.2 Å². The lowest BCUT2D eigenvalue weighted by Crippen LogP contribution is -2.14. The number of rotatable bonds is 4. The molecule has 0 unspecified atom stereocenters. The molecule has 1 aromatic carbocycles. The van der Waals surface area contributed by atoms with Gasteiger partial charge >= 0.3 is 0 Å². The quantitative estimate of drug-likeness (QED) is 0.884. The van der Waals surface area contributed by atoms with Crippen molar-refractivity contribution >= 4 is 38.9 Å². The zero-order chi connectivity index (χ0) is 13.1. The molecule has 0 saturated carbocycles. The van der Waals surface area contributed by atoms with E-state index in [1.54, 1.807) is 0 Å². The average molecular weight is 277 g/mol. The number of halogens is 1. The highest BCUT2D eigenvalue weighted by Gasteiger charge is 2.09. The third-order valence-corrected chi connectivity index (χ3v) is 3.55. The van der Waals surface area contributed by atoms with E-state index in [1.165, 1.54) is 32.0 Å². The van der Waals surface area contributed by atoms with E-state index in [2.05, 4.69) is 10.0 Å². The van der Waals surface area contributed by atoms with Crippen LogP contribution in [0.3, 0.4) is 0 Å². The summed E-state index contributed by atoms with van der Waals surface area (Å²) in [5.41, 5.74) is 0.810. The van der Waals surface area contributed by atoms with Gasteiger partial charge in [-0.25, -0.2) is 8.42 Å². The summed E-state index contributed by atoms with van der Waals surface area (Å²) in [7, 11) is -3.32. The monoisotopic (exact) mass is 276 g/mol. The molecule has 1 amide bonds. The van der Waals surface area contributed by atoms with Crippen LogP contribution in [0.25, 0.3) is 0 Å². The van der Waals surface area contributed by atoms with Gasteiger partial charge in [0.15, 0.2) is 0 Å². The maximum absolute atomic E-state index is 11.3. The molecule has 0 spiro atoms. The minimum absolute atomic E-state index is 0.0158. The average Bonchev–Trinajstić information content (AvgIpc) is 2.21. The summed E-state index contributed by atoms with van der Waals surface area (Å²) in [6, 6.07) is 4.52. The second-order valence-electron chi connectivity index (χ2n) is 3.38. The summed E-state index contributed by atoms with van der Waals surface area (Å²) in [4.78, 5) is 10.8. The number of amides is 1. The van der Waals surface area contributed by atoms with E-state index in [4.69, 9.17) is 11.6 Å². The molecule has 0 atom stereocenters. The van der Waals surface area contributed by atoms with Gasteiger partial charge in [0.05, 0.1) is 22.2 Å². The summed E-state index contributed by atoms with van der Waals surface area (Å²) >= 11 is 5.90. The SMILES string of the molecule is CCS(=O)(=O)Nc1ccc(NC(C)=O)c(Cl)c1. The molecule has 0 aliphatic heterocycles. The highest BCUT2D eigenvalue weighted by atomic mass is 35.5. The molecule has 0 aromatic heterocycles. The van der Waals surface area contributed by atoms with Gasteiger partial charge in [0.1, 0.15) is 0 Å². The van der Waals surface area contributed by atoms with E-state index < -0.39 is 10.0 Å². The second-order valence-corrected chi connectivity index (χ2v) is 5.80. The zero-order valence-corrected chi connectivity index (χ0v) is 11.0. The van der Waals surface area contributed by atoms with Crippen molar-refractivity contribution in [3.05, 3.63) is 23.2 Å². The van der Waals surface area contributed by atoms with Crippen LogP contribution in [0, 0.1) is 0 Å². The van der Waals surface area contributed by atoms with Crippen LogP contribution in [-0.4, -0.2) is 20.1 Å². The number of sulfonamides is 1. The van der Waals surface area contributed by atoms with Gasteiger partial charge in [-0.15, -0.1) is 0 Å². The number of nitrogens with one attached hydrogen (secondary N) is 2. The summed E-state index contributed by atoms with van der Waals surface area (Å²) in [6.07, 6.45) is 0. The Morgan fingerprint density at radius 3 is 2.53 bits per heavy atom. The molecule has 5 nitrogen and oxygen atoms in total. The Morgan fingerprint density at radius 2 is 2.06 bits per heavy atom. The van der Waals surface area contributed by atoms with Crippen molar-refractivity contribution in [3.63, 3.8) is 0 Å². The lowest BCUT2D eigenvalue weighted by atomic mass is 10.3. The van der Waals surface area contributed by atoms with Gasteiger partial charge in [0.25, 0.3) is 0 Å². The number of carbonyl (C=O) groups excluding carboxylic acids is 1. The third-order valence-electron chi connectivity index (χ3n) is 1.93. The third kappa shape index (κ3) is 4.24. The van der Waals surface area contributed by atoms with Crippen molar-refractivity contribution in [2.24, 2.45) is 0 Å². The second kappa shape index (κ2) is 5.37. The molecule has 2 N–H and O–H groups in total. The van der Waals surface area contributed by atoms with Crippen LogP contribution in [-0.2, 0) is 14.8 Å². The smallest absolute Gasteiger partial charge is 0.232 e. The maximum Gasteiger partial charge on any atom is 0.232 e. The van der Waals surface area contributed by atoms with Crippen LogP contribution in [0.2, 0.25) is 5.02 Å². The van der Waals surface area contributed by atoms with Gasteiger partial charge in [-0.1, -0.05) is 11.6 Å². The van der Waals surface area contributed by atoms with E-state index in [9.17, 15) is 13.2 Å². The Balaban J connectivity index is 2.93. The topological polar surface area (TPSA) is 75.3 Å². The van der Waals surface area contributed by atoms with Gasteiger partial charge in [-0.3, -0.25) is 9.52 Å². The molecule has 17 heavy (non-hydrogen) atoms. The van der Waals surface area contributed by atoms with Gasteiger partial charge in [-0.05, 0) is 25.1 Å². The largest absolute Gasteiger partial charge is 0.325 e. The fourth-order valence-electron chi connectivity index (χ4n) is 1.12. The van der Waals surface area contributed by atoms with Crippen LogP contribution in [0.4, 0.5) is 11.4 Å². The predicted molar refractivity (Wildman–Crippen MR) is 68.8 cm³/mol. The molecular formula is C10H13ClN2O3S. The molecule has 7 heteroatoms. The Kier molecular flexibility index (Phi) is 4.36. The molecule has 94 valence electrons. The first-order valence-corrected chi connectivity index (χ1v) is 6.94. The number of carbonyl (C=O) groups is 1. The Labute approximate surface area is 105 Å². The lowest BCUT2D eigenvalue weighted by molar-refractivity contribution is -0.114. The minimum atomic E-state index is -3.32. The number of hydrogen-bond donors (Lipinski definition) is 2. The van der Waals surface area contributed by atoms with Crippen LogP contribution >= 0.6 is 11.6 Å². The highest BCUT2D eigenvalue weighted by molar-refractivity contribution is 7.92. The first-order valence-electron chi connectivity index (χ1n) is 4.91. The minimum Gasteiger partial charge on any atom is -0.325 e. The molecule has 1 rings (SSSR count). The Hall–Kier alpha value is -1.27. The first kappa shape index (κ1) is 13.8. The van der Waals surface area contributed by atoms with Crippen molar-refractivity contribution in [1.82, 2.24) is 0 Å². The molecular weight excluding hydrogens is 264 g/mol. The molecule has 0 bridgehead atoms. The standard InChI is InChI=1S/C10H13ClN2O3S/c1-3-17(15,16)13-8-4-5-10(9(11)6-8)12-7(2)14/h4-6,13H,3H2,1-2H3,(H,12,14). The highest BCUT2D eigenvalue weighted by Crippen LogP contribution is 2.25. The normalized spacial score (nSPS) is 11.0. The number of anilines is 2. The molecule has 1 aromatic rings. The summed E-state index contributed by atoms with van der Waals surface area (Å²) < 4.78 is 25.0. The van der Waals surface area contributed by atoms with Gasteiger partial charge in [0.2, 0.25) is 15.9 Å². The zero-order valence-electron chi connectivity index (χ0n) is 9.45. The van der Waals surface area contributed by atoms with Crippen molar-refractivity contribution in [2.75, 3.05) is 15.8 Å². The van der Waals surface area contributed by atoms with E-state index in [1.807, 2.05) is 0 Å². The summed E-state index contributed by atoms with van der Waals surface area (Å²) in [5.74, 6) is -0.258. The molecule has 0 saturated heterocycles. The molecule has 0 aliphatic rings. The van der Waals surface area contributed by atoms with Crippen LogP contribution in [0.1, 0.15) is 13.8 Å². The molecule has 0 aliphatic carbocycles. The van der Waals surface area contributed by atoms with E-state index in [0.717, 1.165) is 0 Å². The number of benzene rings is 1. The summed E-state index contributed by atoms with van der Waals surface area (Å²) in [5, 5.41) is 2.80. The molecule has 0 heterocycles.